The smallest absolute Gasteiger partial charge is 0.231 e. The van der Waals surface area contributed by atoms with Crippen LogP contribution in [0.5, 0.6) is 11.5 Å². The molecular weight excluding hydrogens is 244 g/mol. The van der Waals surface area contributed by atoms with E-state index in [1.807, 2.05) is 6.92 Å². The van der Waals surface area contributed by atoms with Crippen LogP contribution in [0.3, 0.4) is 0 Å². The molecule has 1 unspecified atom stereocenters. The van der Waals surface area contributed by atoms with Crippen LogP contribution in [0.4, 0.5) is 0 Å². The van der Waals surface area contributed by atoms with Gasteiger partial charge in [0.2, 0.25) is 6.79 Å². The molecule has 0 radical (unpaired) electrons. The molecule has 1 aliphatic rings. The molecule has 0 saturated heterocycles. The van der Waals surface area contributed by atoms with Crippen LogP contribution in [0.25, 0.3) is 0 Å². The number of hydrogen-bond donors (Lipinski definition) is 0. The molecule has 1 atom stereocenters. The summed E-state index contributed by atoms with van der Waals surface area (Å²) in [6.45, 7) is 1.96. The fourth-order valence-electron chi connectivity index (χ4n) is 1.83. The van der Waals surface area contributed by atoms with Gasteiger partial charge >= 0.3 is 0 Å². The van der Waals surface area contributed by atoms with E-state index in [2.05, 4.69) is 0 Å². The molecule has 4 nitrogen and oxygen atoms in total. The Hall–Kier alpha value is -1.55. The fourth-order valence-corrected chi connectivity index (χ4v) is 2.08. The highest BCUT2D eigenvalue weighted by Crippen LogP contribution is 2.45. The van der Waals surface area contributed by atoms with E-state index in [4.69, 9.17) is 21.1 Å². The lowest BCUT2D eigenvalue weighted by atomic mass is 9.95. The van der Waals surface area contributed by atoms with Gasteiger partial charge in [0.25, 0.3) is 0 Å². The second-order valence-corrected chi connectivity index (χ2v) is 4.25. The fraction of sp³-hybridized carbons (Fsp3) is 0.333. The highest BCUT2D eigenvalue weighted by atomic mass is 35.5. The number of rotatable bonds is 4. The Morgan fingerprint density at radius 1 is 1.41 bits per heavy atom. The predicted octanol–water partition coefficient (Wildman–Crippen LogP) is 2.57. The van der Waals surface area contributed by atoms with Crippen molar-refractivity contribution in [2.24, 2.45) is 0 Å². The lowest BCUT2D eigenvalue weighted by molar-refractivity contribution is -0.108. The molecule has 0 spiro atoms. The number of ether oxygens (including phenoxy) is 2. The molecule has 1 aromatic rings. The summed E-state index contributed by atoms with van der Waals surface area (Å²) in [5.74, 6) is 0.868. The highest BCUT2D eigenvalue weighted by molar-refractivity contribution is 6.33. The summed E-state index contributed by atoms with van der Waals surface area (Å²) in [6, 6.07) is 1.66. The maximum absolute atomic E-state index is 10.9. The largest absolute Gasteiger partial charge is 0.453 e. The van der Waals surface area contributed by atoms with Gasteiger partial charge in [0.05, 0.1) is 10.6 Å². The summed E-state index contributed by atoms with van der Waals surface area (Å²) in [5, 5.41) is 0.317. The standard InChI is InChI=1S/C12H11ClO4/c1-7(2-3-14)8-4-10(13)9(5-15)12-11(8)16-6-17-12/h3-5,7H,2,6H2,1H3. The third-order valence-electron chi connectivity index (χ3n) is 2.76. The summed E-state index contributed by atoms with van der Waals surface area (Å²) in [5.41, 5.74) is 1.08. The zero-order chi connectivity index (χ0) is 12.4. The van der Waals surface area contributed by atoms with Crippen molar-refractivity contribution in [2.45, 2.75) is 19.3 Å². The van der Waals surface area contributed by atoms with Gasteiger partial charge in [0.15, 0.2) is 17.8 Å². The van der Waals surface area contributed by atoms with Crippen LogP contribution >= 0.6 is 11.6 Å². The SMILES string of the molecule is CC(CC=O)c1cc(Cl)c(C=O)c2c1OCO2. The quantitative estimate of drug-likeness (QED) is 0.775. The molecule has 0 bridgehead atoms. The molecule has 5 heteroatoms. The average Bonchev–Trinajstić information content (AvgIpc) is 2.77. The Morgan fingerprint density at radius 2 is 2.12 bits per heavy atom. The van der Waals surface area contributed by atoms with Crippen molar-refractivity contribution in [3.63, 3.8) is 0 Å². The Bertz CT molecular complexity index is 470. The van der Waals surface area contributed by atoms with E-state index in [0.717, 1.165) is 11.8 Å². The minimum Gasteiger partial charge on any atom is -0.453 e. The van der Waals surface area contributed by atoms with Crippen molar-refractivity contribution in [3.8, 4) is 11.5 Å². The minimum absolute atomic E-state index is 0.0267. The summed E-state index contributed by atoms with van der Waals surface area (Å²) in [4.78, 5) is 21.5. The van der Waals surface area contributed by atoms with Gasteiger partial charge < -0.3 is 14.3 Å². The van der Waals surface area contributed by atoms with Crippen LogP contribution in [-0.4, -0.2) is 19.4 Å². The molecule has 0 aliphatic carbocycles. The van der Waals surface area contributed by atoms with Crippen LogP contribution in [0.15, 0.2) is 6.07 Å². The second kappa shape index (κ2) is 4.75. The van der Waals surface area contributed by atoms with E-state index in [-0.39, 0.29) is 12.7 Å². The van der Waals surface area contributed by atoms with Crippen molar-refractivity contribution in [1.82, 2.24) is 0 Å². The van der Waals surface area contributed by atoms with E-state index in [1.54, 1.807) is 6.07 Å². The third kappa shape index (κ3) is 2.00. The molecule has 2 rings (SSSR count). The normalized spacial score (nSPS) is 14.5. The zero-order valence-corrected chi connectivity index (χ0v) is 9.99. The molecule has 0 N–H and O–H groups in total. The molecule has 17 heavy (non-hydrogen) atoms. The number of hydrogen-bond acceptors (Lipinski definition) is 4. The van der Waals surface area contributed by atoms with Gasteiger partial charge in [0.1, 0.15) is 6.29 Å². The maximum Gasteiger partial charge on any atom is 0.231 e. The van der Waals surface area contributed by atoms with Gasteiger partial charge in [-0.1, -0.05) is 18.5 Å². The van der Waals surface area contributed by atoms with Gasteiger partial charge in [0, 0.05) is 12.0 Å². The number of carbonyl (C=O) groups excluding carboxylic acids is 2. The first-order chi connectivity index (χ1) is 8.19. The number of benzene rings is 1. The zero-order valence-electron chi connectivity index (χ0n) is 9.23. The highest BCUT2D eigenvalue weighted by Gasteiger charge is 2.26. The Labute approximate surface area is 103 Å². The van der Waals surface area contributed by atoms with Crippen LogP contribution in [0, 0.1) is 0 Å². The first-order valence-corrected chi connectivity index (χ1v) is 5.57. The van der Waals surface area contributed by atoms with Gasteiger partial charge in [-0.2, -0.15) is 0 Å². The maximum atomic E-state index is 10.9. The third-order valence-corrected chi connectivity index (χ3v) is 3.07. The van der Waals surface area contributed by atoms with Crippen molar-refractivity contribution in [2.75, 3.05) is 6.79 Å². The average molecular weight is 255 g/mol. The van der Waals surface area contributed by atoms with Crippen molar-refractivity contribution in [3.05, 3.63) is 22.2 Å². The first kappa shape index (κ1) is 11.9. The summed E-state index contributed by atoms with van der Waals surface area (Å²) in [6.07, 6.45) is 1.85. The number of halogens is 1. The van der Waals surface area contributed by atoms with Crippen molar-refractivity contribution >= 4 is 24.2 Å². The van der Waals surface area contributed by atoms with E-state index < -0.39 is 0 Å². The van der Waals surface area contributed by atoms with Gasteiger partial charge in [-0.15, -0.1) is 0 Å². The second-order valence-electron chi connectivity index (χ2n) is 3.85. The van der Waals surface area contributed by atoms with E-state index >= 15 is 0 Å². The molecule has 0 aromatic heterocycles. The molecule has 1 heterocycles. The number of fused-ring (bicyclic) bond motifs is 1. The Kier molecular flexibility index (Phi) is 3.33. The van der Waals surface area contributed by atoms with Crippen LogP contribution in [0.1, 0.15) is 35.2 Å². The number of carbonyl (C=O) groups is 2. The Morgan fingerprint density at radius 3 is 2.76 bits per heavy atom. The van der Waals surface area contributed by atoms with E-state index in [0.29, 0.717) is 34.8 Å². The summed E-state index contributed by atoms with van der Waals surface area (Å²) < 4.78 is 10.6. The lowest BCUT2D eigenvalue weighted by Crippen LogP contribution is -1.99. The molecule has 1 aromatic carbocycles. The monoisotopic (exact) mass is 254 g/mol. The van der Waals surface area contributed by atoms with E-state index in [9.17, 15) is 9.59 Å². The molecule has 1 aliphatic heterocycles. The van der Waals surface area contributed by atoms with Crippen molar-refractivity contribution < 1.29 is 19.1 Å². The molecule has 0 saturated carbocycles. The van der Waals surface area contributed by atoms with E-state index in [1.165, 1.54) is 0 Å². The molecular formula is C12H11ClO4. The van der Waals surface area contributed by atoms with Crippen LogP contribution in [-0.2, 0) is 4.79 Å². The molecule has 90 valence electrons. The van der Waals surface area contributed by atoms with Crippen LogP contribution in [0.2, 0.25) is 5.02 Å². The summed E-state index contributed by atoms with van der Waals surface area (Å²) in [7, 11) is 0. The minimum atomic E-state index is -0.0267. The topological polar surface area (TPSA) is 52.6 Å². The molecule has 0 fully saturated rings. The van der Waals surface area contributed by atoms with Crippen LogP contribution < -0.4 is 9.47 Å². The van der Waals surface area contributed by atoms with Gasteiger partial charge in [-0.05, 0) is 12.0 Å². The predicted molar refractivity (Wildman–Crippen MR) is 62.1 cm³/mol. The molecule has 0 amide bonds. The van der Waals surface area contributed by atoms with Gasteiger partial charge in [-0.25, -0.2) is 0 Å². The summed E-state index contributed by atoms with van der Waals surface area (Å²) >= 11 is 6.00. The first-order valence-electron chi connectivity index (χ1n) is 5.19. The number of aldehydes is 2. The lowest BCUT2D eigenvalue weighted by Gasteiger charge is -2.13. The Balaban J connectivity index is 2.55. The van der Waals surface area contributed by atoms with Crippen molar-refractivity contribution in [1.29, 1.82) is 0 Å². The van der Waals surface area contributed by atoms with Gasteiger partial charge in [-0.3, -0.25) is 4.79 Å².